The number of alkyl halides is 2. The van der Waals surface area contributed by atoms with Crippen molar-refractivity contribution in [1.29, 1.82) is 0 Å². The molecule has 29 heavy (non-hydrogen) atoms. The van der Waals surface area contributed by atoms with Crippen LogP contribution < -0.4 is 20.9 Å². The van der Waals surface area contributed by atoms with Gasteiger partial charge in [-0.25, -0.2) is 23.5 Å². The Morgan fingerprint density at radius 2 is 2.00 bits per heavy atom. The van der Waals surface area contributed by atoms with Crippen molar-refractivity contribution in [1.82, 2.24) is 24.9 Å². The highest BCUT2D eigenvalue weighted by Gasteiger charge is 2.50. The molecular weight excluding hydrogens is 386 g/mol. The van der Waals surface area contributed by atoms with Crippen LogP contribution in [0, 0.1) is 6.92 Å². The molecule has 2 N–H and O–H groups in total. The highest BCUT2D eigenvalue weighted by molar-refractivity contribution is 5.61. The molecule has 9 nitrogen and oxygen atoms in total. The number of aryl methyl sites for hydroxylation is 1. The Balaban J connectivity index is 1.64. The minimum atomic E-state index is -3.11. The van der Waals surface area contributed by atoms with Crippen molar-refractivity contribution in [2.24, 2.45) is 0 Å². The van der Waals surface area contributed by atoms with Crippen LogP contribution in [0.15, 0.2) is 46.4 Å². The average Bonchev–Trinajstić information content (AvgIpc) is 2.96. The van der Waals surface area contributed by atoms with Gasteiger partial charge < -0.3 is 14.6 Å². The van der Waals surface area contributed by atoms with Gasteiger partial charge in [-0.15, -0.1) is 0 Å². The van der Waals surface area contributed by atoms with Crippen LogP contribution in [0.1, 0.15) is 5.82 Å². The third-order valence-electron chi connectivity index (χ3n) is 4.43. The number of pyridine rings is 1. The van der Waals surface area contributed by atoms with E-state index < -0.39 is 29.8 Å². The first-order chi connectivity index (χ1) is 13.8. The van der Waals surface area contributed by atoms with Gasteiger partial charge in [-0.1, -0.05) is 0 Å². The zero-order chi connectivity index (χ0) is 20.6. The average molecular weight is 402 g/mol. The van der Waals surface area contributed by atoms with E-state index in [-0.39, 0.29) is 23.6 Å². The predicted octanol–water partition coefficient (Wildman–Crippen LogP) is 1.13. The molecule has 0 radical (unpaired) electrons. The maximum atomic E-state index is 14.5. The third kappa shape index (κ3) is 3.84. The second-order valence-corrected chi connectivity index (χ2v) is 6.58. The van der Waals surface area contributed by atoms with Crippen molar-refractivity contribution < 1.29 is 13.5 Å². The number of anilines is 1. The lowest BCUT2D eigenvalue weighted by Gasteiger charge is -2.18. The van der Waals surface area contributed by atoms with E-state index >= 15 is 0 Å². The molecule has 150 valence electrons. The lowest BCUT2D eigenvalue weighted by atomic mass is 10.2. The molecule has 3 aromatic heterocycles. The first-order valence-electron chi connectivity index (χ1n) is 8.69. The Morgan fingerprint density at radius 1 is 1.24 bits per heavy atom. The molecule has 0 aromatic carbocycles. The number of aromatic amines is 2. The molecule has 1 atom stereocenters. The summed E-state index contributed by atoms with van der Waals surface area (Å²) in [6, 6.07) is 4.45. The minimum Gasteiger partial charge on any atom is -0.482 e. The highest BCUT2D eigenvalue weighted by atomic mass is 19.3. The lowest BCUT2D eigenvalue weighted by molar-refractivity contribution is -0.0594. The zero-order valence-electron chi connectivity index (χ0n) is 15.2. The minimum absolute atomic E-state index is 0.104. The van der Waals surface area contributed by atoms with Gasteiger partial charge in [0.15, 0.2) is 6.10 Å². The second kappa shape index (κ2) is 7.08. The molecule has 1 aliphatic rings. The van der Waals surface area contributed by atoms with Gasteiger partial charge >= 0.3 is 11.6 Å². The maximum absolute atomic E-state index is 14.5. The zero-order valence-corrected chi connectivity index (χ0v) is 15.2. The van der Waals surface area contributed by atoms with Crippen molar-refractivity contribution in [3.63, 3.8) is 0 Å². The van der Waals surface area contributed by atoms with Gasteiger partial charge in [0.1, 0.15) is 17.4 Å². The molecule has 0 amide bonds. The fourth-order valence-electron chi connectivity index (χ4n) is 3.09. The topological polar surface area (TPSA) is 117 Å². The standard InChI is InChI=1S/C18H16F2N6O3/c1-10-23-13(12-7-22-17(28)25-16(12)27)6-15(24-10)26-8-14(18(19,20)9-26)29-11-2-4-21-5-3-11/h2-7,14H,8-9H2,1H3,(H2,22,25,27,28)/t14-/m0/s1. The lowest BCUT2D eigenvalue weighted by Crippen LogP contribution is -2.36. The molecule has 0 aliphatic carbocycles. The summed E-state index contributed by atoms with van der Waals surface area (Å²) in [5.41, 5.74) is -0.970. The number of halogens is 2. The fraction of sp³-hybridized carbons (Fsp3) is 0.278. The van der Waals surface area contributed by atoms with Crippen LogP contribution in [0.5, 0.6) is 5.75 Å². The summed E-state index contributed by atoms with van der Waals surface area (Å²) < 4.78 is 34.5. The van der Waals surface area contributed by atoms with E-state index in [4.69, 9.17) is 4.74 Å². The van der Waals surface area contributed by atoms with E-state index in [1.165, 1.54) is 41.7 Å². The van der Waals surface area contributed by atoms with Crippen LogP contribution >= 0.6 is 0 Å². The van der Waals surface area contributed by atoms with Gasteiger partial charge in [0, 0.05) is 24.7 Å². The van der Waals surface area contributed by atoms with Gasteiger partial charge in [-0.05, 0) is 19.1 Å². The molecule has 3 aromatic rings. The monoisotopic (exact) mass is 402 g/mol. The molecule has 0 unspecified atom stereocenters. The van der Waals surface area contributed by atoms with Crippen LogP contribution in [0.3, 0.4) is 0 Å². The van der Waals surface area contributed by atoms with E-state index in [0.717, 1.165) is 0 Å². The van der Waals surface area contributed by atoms with E-state index in [2.05, 4.69) is 24.9 Å². The third-order valence-corrected chi connectivity index (χ3v) is 4.43. The summed E-state index contributed by atoms with van der Waals surface area (Å²) in [5.74, 6) is -2.29. The van der Waals surface area contributed by atoms with E-state index in [1.807, 2.05) is 0 Å². The maximum Gasteiger partial charge on any atom is 0.325 e. The molecule has 0 spiro atoms. The molecule has 0 bridgehead atoms. The molecule has 1 saturated heterocycles. The SMILES string of the molecule is Cc1nc(-c2c[nH]c(=O)[nH]c2=O)cc(N2C[C@H](Oc3ccncc3)C(F)(F)C2)n1. The smallest absolute Gasteiger partial charge is 0.325 e. The summed E-state index contributed by atoms with van der Waals surface area (Å²) >= 11 is 0. The first-order valence-corrected chi connectivity index (χ1v) is 8.69. The van der Waals surface area contributed by atoms with Gasteiger partial charge in [0.2, 0.25) is 0 Å². The molecule has 4 rings (SSSR count). The summed E-state index contributed by atoms with van der Waals surface area (Å²) in [7, 11) is 0. The number of H-pyrrole nitrogens is 2. The number of hydrogen-bond donors (Lipinski definition) is 2. The van der Waals surface area contributed by atoms with Crippen LogP contribution in [-0.2, 0) is 0 Å². The Labute approximate surface area is 162 Å². The molecular formula is C18H16F2N6O3. The fourth-order valence-corrected chi connectivity index (χ4v) is 3.09. The predicted molar refractivity (Wildman–Crippen MR) is 99.3 cm³/mol. The van der Waals surface area contributed by atoms with Crippen molar-refractivity contribution >= 4 is 5.82 Å². The van der Waals surface area contributed by atoms with Gasteiger partial charge in [-0.2, -0.15) is 0 Å². The Kier molecular flexibility index (Phi) is 4.57. The van der Waals surface area contributed by atoms with Gasteiger partial charge in [0.25, 0.3) is 5.56 Å². The molecule has 11 heteroatoms. The number of hydrogen-bond acceptors (Lipinski definition) is 7. The van der Waals surface area contributed by atoms with Crippen molar-refractivity contribution in [3.05, 3.63) is 63.5 Å². The Bertz CT molecular complexity index is 1150. The molecule has 1 fully saturated rings. The van der Waals surface area contributed by atoms with Gasteiger partial charge in [-0.3, -0.25) is 14.8 Å². The Hall–Kier alpha value is -3.63. The number of aromatic nitrogens is 5. The van der Waals surface area contributed by atoms with E-state index in [1.54, 1.807) is 6.92 Å². The largest absolute Gasteiger partial charge is 0.482 e. The van der Waals surface area contributed by atoms with Crippen LogP contribution in [-0.4, -0.2) is 50.0 Å². The summed E-state index contributed by atoms with van der Waals surface area (Å²) in [6.45, 7) is 0.889. The van der Waals surface area contributed by atoms with Gasteiger partial charge in [0.05, 0.1) is 24.3 Å². The quantitative estimate of drug-likeness (QED) is 0.672. The first kappa shape index (κ1) is 18.7. The van der Waals surface area contributed by atoms with Crippen molar-refractivity contribution in [2.45, 2.75) is 19.0 Å². The van der Waals surface area contributed by atoms with Crippen LogP contribution in [0.2, 0.25) is 0 Å². The van der Waals surface area contributed by atoms with Crippen molar-refractivity contribution in [3.8, 4) is 17.0 Å². The Morgan fingerprint density at radius 3 is 2.72 bits per heavy atom. The van der Waals surface area contributed by atoms with Crippen LogP contribution in [0.4, 0.5) is 14.6 Å². The number of rotatable bonds is 4. The number of ether oxygens (including phenoxy) is 1. The number of nitrogens with zero attached hydrogens (tertiary/aromatic N) is 4. The van der Waals surface area contributed by atoms with E-state index in [0.29, 0.717) is 11.6 Å². The summed E-state index contributed by atoms with van der Waals surface area (Å²) in [5, 5.41) is 0. The normalized spacial score (nSPS) is 18.0. The molecule has 4 heterocycles. The van der Waals surface area contributed by atoms with E-state index in [9.17, 15) is 18.4 Å². The number of nitrogens with one attached hydrogen (secondary N) is 2. The second-order valence-electron chi connectivity index (χ2n) is 6.58. The summed E-state index contributed by atoms with van der Waals surface area (Å²) in [4.78, 5) is 41.4. The summed E-state index contributed by atoms with van der Waals surface area (Å²) in [6.07, 6.45) is 2.77. The van der Waals surface area contributed by atoms with Crippen molar-refractivity contribution in [2.75, 3.05) is 18.0 Å². The highest BCUT2D eigenvalue weighted by Crippen LogP contribution is 2.34. The molecule has 1 aliphatic heterocycles. The van der Waals surface area contributed by atoms with Crippen LogP contribution in [0.25, 0.3) is 11.3 Å². The molecule has 0 saturated carbocycles.